The summed E-state index contributed by atoms with van der Waals surface area (Å²) in [6, 6.07) is 8.10. The molecule has 0 saturated heterocycles. The fraction of sp³-hybridized carbons (Fsp3) is 0.684. The van der Waals surface area contributed by atoms with Crippen LogP contribution in [0.25, 0.3) is 0 Å². The minimum atomic E-state index is -0.460. The predicted octanol–water partition coefficient (Wildman–Crippen LogP) is 3.19. The fourth-order valence-electron chi connectivity index (χ4n) is 2.54. The average Bonchev–Trinajstić information content (AvgIpc) is 2.46. The van der Waals surface area contributed by atoms with Crippen molar-refractivity contribution in [2.45, 2.75) is 40.3 Å². The number of rotatable bonds is 11. The lowest BCUT2D eigenvalue weighted by atomic mass is 10.1. The van der Waals surface area contributed by atoms with Crippen molar-refractivity contribution in [1.29, 1.82) is 0 Å². The molecule has 4 nitrogen and oxygen atoms in total. The lowest BCUT2D eigenvalue weighted by molar-refractivity contribution is 0.00522. The molecule has 0 aliphatic carbocycles. The van der Waals surface area contributed by atoms with Crippen LogP contribution >= 0.6 is 0 Å². The number of aliphatic hydroxyl groups is 1. The molecule has 1 aromatic carbocycles. The number of hydrogen-bond donors (Lipinski definition) is 1. The lowest BCUT2D eigenvalue weighted by Crippen LogP contribution is -2.37. The van der Waals surface area contributed by atoms with E-state index in [4.69, 9.17) is 9.47 Å². The number of ether oxygens (including phenoxy) is 2. The molecule has 0 saturated carbocycles. The number of aliphatic hydroxyl groups excluding tert-OH is 1. The Morgan fingerprint density at radius 2 is 1.78 bits per heavy atom. The lowest BCUT2D eigenvalue weighted by Gasteiger charge is -2.27. The summed E-state index contributed by atoms with van der Waals surface area (Å²) >= 11 is 0. The predicted molar refractivity (Wildman–Crippen MR) is 94.8 cm³/mol. The van der Waals surface area contributed by atoms with E-state index in [0.29, 0.717) is 31.6 Å². The smallest absolute Gasteiger partial charge is 0.119 e. The van der Waals surface area contributed by atoms with Gasteiger partial charge in [0.25, 0.3) is 0 Å². The molecule has 1 N–H and O–H groups in total. The van der Waals surface area contributed by atoms with Crippen LogP contribution in [0.3, 0.4) is 0 Å². The maximum atomic E-state index is 10.2. The zero-order chi connectivity index (χ0) is 17.2. The highest BCUT2D eigenvalue weighted by Crippen LogP contribution is 2.15. The summed E-state index contributed by atoms with van der Waals surface area (Å²) in [5, 5.41) is 10.2. The summed E-state index contributed by atoms with van der Waals surface area (Å²) in [5.41, 5.74) is 1.19. The van der Waals surface area contributed by atoms with E-state index in [1.165, 1.54) is 5.56 Å². The molecule has 0 aliphatic rings. The van der Waals surface area contributed by atoms with Gasteiger partial charge in [-0.3, -0.25) is 4.90 Å². The van der Waals surface area contributed by atoms with E-state index in [1.807, 2.05) is 12.1 Å². The molecular weight excluding hydrogens is 290 g/mol. The summed E-state index contributed by atoms with van der Waals surface area (Å²) in [6.07, 6.45) is -0.460. The number of methoxy groups -OCH3 is 1. The van der Waals surface area contributed by atoms with Gasteiger partial charge in [0, 0.05) is 26.2 Å². The maximum absolute atomic E-state index is 10.2. The quantitative estimate of drug-likeness (QED) is 0.679. The summed E-state index contributed by atoms with van der Waals surface area (Å²) in [4.78, 5) is 2.28. The molecule has 4 heteroatoms. The molecule has 1 aromatic rings. The van der Waals surface area contributed by atoms with Crippen LogP contribution in [0.4, 0.5) is 0 Å². The van der Waals surface area contributed by atoms with Gasteiger partial charge in [-0.25, -0.2) is 0 Å². The molecule has 23 heavy (non-hydrogen) atoms. The molecule has 1 rings (SSSR count). The van der Waals surface area contributed by atoms with Crippen molar-refractivity contribution < 1.29 is 14.6 Å². The van der Waals surface area contributed by atoms with E-state index < -0.39 is 6.10 Å². The molecule has 0 amide bonds. The maximum Gasteiger partial charge on any atom is 0.119 e. The fourth-order valence-corrected chi connectivity index (χ4v) is 2.54. The third-order valence-corrected chi connectivity index (χ3v) is 3.39. The molecule has 1 atom stereocenters. The molecule has 0 heterocycles. The van der Waals surface area contributed by atoms with Gasteiger partial charge in [-0.1, -0.05) is 39.8 Å². The molecule has 0 fully saturated rings. The minimum Gasteiger partial charge on any atom is -0.497 e. The number of hydrogen-bond acceptors (Lipinski definition) is 4. The van der Waals surface area contributed by atoms with Crippen molar-refractivity contribution in [2.24, 2.45) is 11.8 Å². The Morgan fingerprint density at radius 3 is 2.39 bits per heavy atom. The van der Waals surface area contributed by atoms with Gasteiger partial charge in [0.15, 0.2) is 0 Å². The van der Waals surface area contributed by atoms with Gasteiger partial charge < -0.3 is 14.6 Å². The summed E-state index contributed by atoms with van der Waals surface area (Å²) in [7, 11) is 1.68. The molecule has 0 spiro atoms. The van der Waals surface area contributed by atoms with Crippen molar-refractivity contribution in [3.8, 4) is 5.75 Å². The summed E-state index contributed by atoms with van der Waals surface area (Å²) in [6.45, 7) is 12.1. The monoisotopic (exact) mass is 323 g/mol. The third-order valence-electron chi connectivity index (χ3n) is 3.39. The highest BCUT2D eigenvalue weighted by atomic mass is 16.5. The summed E-state index contributed by atoms with van der Waals surface area (Å²) < 4.78 is 10.8. The molecule has 0 aliphatic heterocycles. The Morgan fingerprint density at radius 1 is 1.04 bits per heavy atom. The van der Waals surface area contributed by atoms with Crippen molar-refractivity contribution in [1.82, 2.24) is 4.90 Å². The Labute approximate surface area is 141 Å². The second kappa shape index (κ2) is 10.6. The van der Waals surface area contributed by atoms with Gasteiger partial charge in [-0.05, 0) is 29.5 Å². The molecular formula is C19H33NO3. The van der Waals surface area contributed by atoms with E-state index in [1.54, 1.807) is 7.11 Å². The first-order chi connectivity index (χ1) is 10.9. The summed E-state index contributed by atoms with van der Waals surface area (Å²) in [5.74, 6) is 1.91. The van der Waals surface area contributed by atoms with Gasteiger partial charge >= 0.3 is 0 Å². The van der Waals surface area contributed by atoms with Crippen LogP contribution in [0.15, 0.2) is 24.3 Å². The Balaban J connectivity index is 2.57. The van der Waals surface area contributed by atoms with Gasteiger partial charge in [0.2, 0.25) is 0 Å². The van der Waals surface area contributed by atoms with Crippen molar-refractivity contribution in [2.75, 3.05) is 33.4 Å². The highest BCUT2D eigenvalue weighted by molar-refractivity contribution is 5.28. The van der Waals surface area contributed by atoms with Crippen molar-refractivity contribution in [3.63, 3.8) is 0 Å². The van der Waals surface area contributed by atoms with E-state index in [-0.39, 0.29) is 0 Å². The van der Waals surface area contributed by atoms with Gasteiger partial charge in [0.05, 0.1) is 19.8 Å². The van der Waals surface area contributed by atoms with E-state index in [0.717, 1.165) is 18.8 Å². The van der Waals surface area contributed by atoms with Crippen molar-refractivity contribution in [3.05, 3.63) is 29.8 Å². The second-order valence-electron chi connectivity index (χ2n) is 7.02. The van der Waals surface area contributed by atoms with Crippen LogP contribution in [0.5, 0.6) is 5.75 Å². The third kappa shape index (κ3) is 8.94. The average molecular weight is 323 g/mol. The molecule has 132 valence electrons. The zero-order valence-electron chi connectivity index (χ0n) is 15.3. The minimum absolute atomic E-state index is 0.394. The number of benzene rings is 1. The SMILES string of the molecule is COc1cccc(CN(CC(C)C)CC(O)COCC(C)C)c1. The largest absolute Gasteiger partial charge is 0.497 e. The first-order valence-electron chi connectivity index (χ1n) is 8.51. The van der Waals surface area contributed by atoms with Crippen LogP contribution in [-0.2, 0) is 11.3 Å². The van der Waals surface area contributed by atoms with Gasteiger partial charge in [-0.15, -0.1) is 0 Å². The van der Waals surface area contributed by atoms with E-state index >= 15 is 0 Å². The first-order valence-corrected chi connectivity index (χ1v) is 8.51. The van der Waals surface area contributed by atoms with Gasteiger partial charge in [-0.2, -0.15) is 0 Å². The molecule has 1 unspecified atom stereocenters. The first kappa shape index (κ1) is 19.9. The molecule has 0 bridgehead atoms. The van der Waals surface area contributed by atoms with Crippen molar-refractivity contribution >= 4 is 0 Å². The molecule has 0 aromatic heterocycles. The number of nitrogens with zero attached hydrogens (tertiary/aromatic N) is 1. The Hall–Kier alpha value is -1.10. The topological polar surface area (TPSA) is 41.9 Å². The Kier molecular flexibility index (Phi) is 9.22. The van der Waals surface area contributed by atoms with Crippen LogP contribution in [-0.4, -0.2) is 49.5 Å². The van der Waals surface area contributed by atoms with E-state index in [9.17, 15) is 5.11 Å². The van der Waals surface area contributed by atoms with Gasteiger partial charge in [0.1, 0.15) is 5.75 Å². The zero-order valence-corrected chi connectivity index (χ0v) is 15.3. The Bertz CT molecular complexity index is 434. The normalized spacial score (nSPS) is 13.1. The second-order valence-corrected chi connectivity index (χ2v) is 7.02. The van der Waals surface area contributed by atoms with Crippen LogP contribution < -0.4 is 4.74 Å². The van der Waals surface area contributed by atoms with E-state index in [2.05, 4.69) is 44.7 Å². The standard InChI is InChI=1S/C19H33NO3/c1-15(2)10-20(12-18(21)14-23-13-16(3)4)11-17-7-6-8-19(9-17)22-5/h6-9,15-16,18,21H,10-14H2,1-5H3. The van der Waals surface area contributed by atoms with Crippen LogP contribution in [0.1, 0.15) is 33.3 Å². The van der Waals surface area contributed by atoms with Crippen LogP contribution in [0.2, 0.25) is 0 Å². The highest BCUT2D eigenvalue weighted by Gasteiger charge is 2.14. The molecule has 0 radical (unpaired) electrons. The van der Waals surface area contributed by atoms with Crippen LogP contribution in [0, 0.1) is 11.8 Å².